The van der Waals surface area contributed by atoms with Crippen LogP contribution in [0, 0.1) is 17.6 Å². The van der Waals surface area contributed by atoms with Crippen molar-refractivity contribution in [2.24, 2.45) is 11.7 Å². The molecule has 0 bridgehead atoms. The lowest BCUT2D eigenvalue weighted by atomic mass is 10.1. The Balaban J connectivity index is 2.44. The van der Waals surface area contributed by atoms with Crippen LogP contribution < -0.4 is 11.1 Å². The number of hydrogen-bond acceptors (Lipinski definition) is 2. The van der Waals surface area contributed by atoms with Gasteiger partial charge in [0.05, 0.1) is 0 Å². The normalized spacial score (nSPS) is 12.2. The highest BCUT2D eigenvalue weighted by atomic mass is 19.1. The van der Waals surface area contributed by atoms with Crippen LogP contribution in [0.15, 0.2) is 18.2 Å². The summed E-state index contributed by atoms with van der Waals surface area (Å²) in [6, 6.07) is 3.43. The van der Waals surface area contributed by atoms with Gasteiger partial charge in [0.1, 0.15) is 11.6 Å². The molecule has 0 radical (unpaired) electrons. The highest BCUT2D eigenvalue weighted by Gasteiger charge is 2.13. The second kappa shape index (κ2) is 7.06. The van der Waals surface area contributed by atoms with Gasteiger partial charge in [0.15, 0.2) is 0 Å². The summed E-state index contributed by atoms with van der Waals surface area (Å²) in [5.41, 5.74) is 5.83. The molecule has 0 spiro atoms. The van der Waals surface area contributed by atoms with Crippen molar-refractivity contribution in [2.75, 3.05) is 13.1 Å². The molecule has 5 heteroatoms. The van der Waals surface area contributed by atoms with Crippen molar-refractivity contribution in [3.05, 3.63) is 35.4 Å². The van der Waals surface area contributed by atoms with Crippen LogP contribution in [0.2, 0.25) is 0 Å². The monoisotopic (exact) mass is 256 g/mol. The Bertz CT molecular complexity index is 406. The number of nitrogens with one attached hydrogen (secondary N) is 1. The van der Waals surface area contributed by atoms with Crippen LogP contribution in [0.3, 0.4) is 0 Å². The molecule has 3 nitrogen and oxygen atoms in total. The topological polar surface area (TPSA) is 55.1 Å². The summed E-state index contributed by atoms with van der Waals surface area (Å²) in [5, 5.41) is 2.70. The minimum atomic E-state index is -0.602. The Kier molecular flexibility index (Phi) is 5.71. The lowest BCUT2D eigenvalue weighted by molar-refractivity contribution is -0.124. The first-order chi connectivity index (χ1) is 8.58. The van der Waals surface area contributed by atoms with Crippen molar-refractivity contribution in [3.8, 4) is 0 Å². The Labute approximate surface area is 105 Å². The van der Waals surface area contributed by atoms with E-state index in [0.717, 1.165) is 6.07 Å². The fourth-order valence-corrected chi connectivity index (χ4v) is 1.65. The number of rotatable bonds is 6. The molecule has 0 aromatic heterocycles. The molecule has 1 rings (SSSR count). The molecular formula is C13H18F2N2O. The largest absolute Gasteiger partial charge is 0.355 e. The standard InChI is InChI=1S/C13H18F2N2O/c1-2-9(8-16)13(18)17-6-5-10-3-4-11(14)7-12(10)15/h3-4,7,9H,2,5-6,8,16H2,1H3,(H,17,18). The first-order valence-corrected chi connectivity index (χ1v) is 6.00. The molecule has 1 amide bonds. The fourth-order valence-electron chi connectivity index (χ4n) is 1.65. The number of nitrogens with two attached hydrogens (primary N) is 1. The van der Waals surface area contributed by atoms with Gasteiger partial charge in [0.25, 0.3) is 0 Å². The summed E-state index contributed by atoms with van der Waals surface area (Å²) >= 11 is 0. The Morgan fingerprint density at radius 2 is 2.17 bits per heavy atom. The summed E-state index contributed by atoms with van der Waals surface area (Å²) in [5.74, 6) is -1.52. The van der Waals surface area contributed by atoms with Crippen LogP contribution >= 0.6 is 0 Å². The SMILES string of the molecule is CCC(CN)C(=O)NCCc1ccc(F)cc1F. The zero-order chi connectivity index (χ0) is 13.5. The predicted molar refractivity (Wildman–Crippen MR) is 65.9 cm³/mol. The third kappa shape index (κ3) is 4.07. The van der Waals surface area contributed by atoms with E-state index in [1.54, 1.807) is 0 Å². The number of hydrogen-bond donors (Lipinski definition) is 2. The number of carbonyl (C=O) groups excluding carboxylic acids is 1. The Morgan fingerprint density at radius 1 is 1.44 bits per heavy atom. The third-order valence-corrected chi connectivity index (χ3v) is 2.86. The van der Waals surface area contributed by atoms with Crippen molar-refractivity contribution < 1.29 is 13.6 Å². The quantitative estimate of drug-likeness (QED) is 0.812. The van der Waals surface area contributed by atoms with Gasteiger partial charge in [-0.05, 0) is 24.5 Å². The van der Waals surface area contributed by atoms with E-state index in [4.69, 9.17) is 5.73 Å². The molecule has 1 unspecified atom stereocenters. The van der Waals surface area contributed by atoms with E-state index >= 15 is 0 Å². The van der Waals surface area contributed by atoms with Crippen molar-refractivity contribution >= 4 is 5.91 Å². The van der Waals surface area contributed by atoms with Gasteiger partial charge in [-0.1, -0.05) is 13.0 Å². The Morgan fingerprint density at radius 3 is 2.72 bits per heavy atom. The molecule has 0 fully saturated rings. The molecule has 0 saturated carbocycles. The summed E-state index contributed by atoms with van der Waals surface area (Å²) in [6.45, 7) is 2.50. The minimum absolute atomic E-state index is 0.123. The lowest BCUT2D eigenvalue weighted by Crippen LogP contribution is -2.35. The molecule has 0 heterocycles. The van der Waals surface area contributed by atoms with E-state index in [1.807, 2.05) is 6.92 Å². The van der Waals surface area contributed by atoms with Crippen molar-refractivity contribution in [1.29, 1.82) is 0 Å². The average molecular weight is 256 g/mol. The molecule has 100 valence electrons. The third-order valence-electron chi connectivity index (χ3n) is 2.86. The van der Waals surface area contributed by atoms with Gasteiger partial charge >= 0.3 is 0 Å². The van der Waals surface area contributed by atoms with E-state index in [2.05, 4.69) is 5.32 Å². The van der Waals surface area contributed by atoms with E-state index in [0.29, 0.717) is 31.5 Å². The van der Waals surface area contributed by atoms with Crippen molar-refractivity contribution in [2.45, 2.75) is 19.8 Å². The smallest absolute Gasteiger partial charge is 0.224 e. The van der Waals surface area contributed by atoms with Gasteiger partial charge in [0, 0.05) is 25.1 Å². The number of benzene rings is 1. The molecule has 0 aliphatic heterocycles. The van der Waals surface area contributed by atoms with Gasteiger partial charge in [-0.15, -0.1) is 0 Å². The molecular weight excluding hydrogens is 238 g/mol. The lowest BCUT2D eigenvalue weighted by Gasteiger charge is -2.12. The Hall–Kier alpha value is -1.49. The predicted octanol–water partition coefficient (Wildman–Crippen LogP) is 1.61. The van der Waals surface area contributed by atoms with Gasteiger partial charge < -0.3 is 11.1 Å². The maximum atomic E-state index is 13.3. The van der Waals surface area contributed by atoms with Crippen LogP contribution in [0.5, 0.6) is 0 Å². The number of halogens is 2. The second-order valence-corrected chi connectivity index (χ2v) is 4.12. The first-order valence-electron chi connectivity index (χ1n) is 6.00. The zero-order valence-electron chi connectivity index (χ0n) is 10.4. The highest BCUT2D eigenvalue weighted by Crippen LogP contribution is 2.09. The highest BCUT2D eigenvalue weighted by molar-refractivity contribution is 5.78. The first kappa shape index (κ1) is 14.6. The average Bonchev–Trinajstić information content (AvgIpc) is 2.33. The van der Waals surface area contributed by atoms with Gasteiger partial charge in [-0.2, -0.15) is 0 Å². The maximum Gasteiger partial charge on any atom is 0.224 e. The van der Waals surface area contributed by atoms with E-state index < -0.39 is 11.6 Å². The number of carbonyl (C=O) groups is 1. The maximum absolute atomic E-state index is 13.3. The zero-order valence-corrected chi connectivity index (χ0v) is 10.4. The van der Waals surface area contributed by atoms with Crippen molar-refractivity contribution in [1.82, 2.24) is 5.32 Å². The number of amides is 1. The summed E-state index contributed by atoms with van der Waals surface area (Å²) < 4.78 is 26.0. The van der Waals surface area contributed by atoms with E-state index in [-0.39, 0.29) is 11.8 Å². The molecule has 1 atom stereocenters. The fraction of sp³-hybridized carbons (Fsp3) is 0.462. The molecule has 1 aromatic rings. The summed E-state index contributed by atoms with van der Waals surface area (Å²) in [6.07, 6.45) is 1.01. The molecule has 0 aliphatic carbocycles. The molecule has 3 N–H and O–H groups in total. The van der Waals surface area contributed by atoms with E-state index in [9.17, 15) is 13.6 Å². The van der Waals surface area contributed by atoms with Gasteiger partial charge in [0.2, 0.25) is 5.91 Å². The second-order valence-electron chi connectivity index (χ2n) is 4.12. The van der Waals surface area contributed by atoms with Crippen LogP contribution in [-0.4, -0.2) is 19.0 Å². The molecule has 0 aliphatic rings. The summed E-state index contributed by atoms with van der Waals surface area (Å²) in [4.78, 5) is 11.6. The van der Waals surface area contributed by atoms with Gasteiger partial charge in [-0.25, -0.2) is 8.78 Å². The van der Waals surface area contributed by atoms with Crippen molar-refractivity contribution in [3.63, 3.8) is 0 Å². The van der Waals surface area contributed by atoms with Gasteiger partial charge in [-0.3, -0.25) is 4.79 Å². The van der Waals surface area contributed by atoms with Crippen LogP contribution in [0.1, 0.15) is 18.9 Å². The van der Waals surface area contributed by atoms with E-state index in [1.165, 1.54) is 12.1 Å². The molecule has 1 aromatic carbocycles. The van der Waals surface area contributed by atoms with Crippen LogP contribution in [0.4, 0.5) is 8.78 Å². The molecule has 18 heavy (non-hydrogen) atoms. The molecule has 0 saturated heterocycles. The minimum Gasteiger partial charge on any atom is -0.355 e. The van der Waals surface area contributed by atoms with Crippen LogP contribution in [-0.2, 0) is 11.2 Å². The van der Waals surface area contributed by atoms with Crippen LogP contribution in [0.25, 0.3) is 0 Å². The summed E-state index contributed by atoms with van der Waals surface area (Å²) in [7, 11) is 0.